The molecule has 1 atom stereocenters. The van der Waals surface area contributed by atoms with E-state index in [-0.39, 0.29) is 5.78 Å². The first-order valence-corrected chi connectivity index (χ1v) is 4.77. The van der Waals surface area contributed by atoms with E-state index in [1.165, 1.54) is 0 Å². The van der Waals surface area contributed by atoms with Gasteiger partial charge in [0.1, 0.15) is 3.66 Å². The molecule has 0 aliphatic carbocycles. The summed E-state index contributed by atoms with van der Waals surface area (Å²) in [7, 11) is 0. The van der Waals surface area contributed by atoms with E-state index in [0.717, 1.165) is 0 Å². The van der Waals surface area contributed by atoms with Crippen molar-refractivity contribution in [2.45, 2.75) is 10.6 Å². The first-order chi connectivity index (χ1) is 5.52. The van der Waals surface area contributed by atoms with Gasteiger partial charge in [0.15, 0.2) is 5.78 Å². The third kappa shape index (κ3) is 2.35. The van der Waals surface area contributed by atoms with Crippen LogP contribution in [0.1, 0.15) is 17.3 Å². The van der Waals surface area contributed by atoms with Crippen LogP contribution in [0.15, 0.2) is 30.3 Å². The van der Waals surface area contributed by atoms with E-state index in [1.807, 2.05) is 18.2 Å². The summed E-state index contributed by atoms with van der Waals surface area (Å²) in [5.41, 5.74) is 0.673. The fourth-order valence-corrected chi connectivity index (χ4v) is 1.21. The third-order valence-corrected chi connectivity index (χ3v) is 2.01. The highest BCUT2D eigenvalue weighted by molar-refractivity contribution is 9.12. The molecule has 12 heavy (non-hydrogen) atoms. The molecular weight excluding hydrogens is 236 g/mol. The lowest BCUT2D eigenvalue weighted by atomic mass is 10.1. The minimum atomic E-state index is -0.769. The molecule has 0 saturated heterocycles. The molecule has 1 rings (SSSR count). The van der Waals surface area contributed by atoms with E-state index in [2.05, 4.69) is 28.6 Å². The molecule has 0 spiro atoms. The number of ketones is 1. The number of rotatable bonds is 2. The maximum atomic E-state index is 11.5. The van der Waals surface area contributed by atoms with Crippen molar-refractivity contribution in [3.05, 3.63) is 35.9 Å². The second-order valence-electron chi connectivity index (χ2n) is 2.65. The Morgan fingerprint density at radius 3 is 2.33 bits per heavy atom. The summed E-state index contributed by atoms with van der Waals surface area (Å²) in [4.78, 5) is 11.5. The van der Waals surface area contributed by atoms with Gasteiger partial charge in [-0.2, -0.15) is 12.6 Å². The van der Waals surface area contributed by atoms with E-state index in [0.29, 0.717) is 5.56 Å². The van der Waals surface area contributed by atoms with Gasteiger partial charge in [-0.1, -0.05) is 46.3 Å². The van der Waals surface area contributed by atoms with E-state index in [4.69, 9.17) is 0 Å². The Hall–Kier alpha value is -0.280. The normalized spacial score (nSPS) is 15.2. The number of thiol groups is 1. The molecule has 0 N–H and O–H groups in total. The van der Waals surface area contributed by atoms with Crippen LogP contribution in [-0.2, 0) is 0 Å². The monoisotopic (exact) mass is 244 g/mol. The van der Waals surface area contributed by atoms with Gasteiger partial charge in [0.25, 0.3) is 0 Å². The Labute approximate surface area is 85.7 Å². The summed E-state index contributed by atoms with van der Waals surface area (Å²) >= 11 is 7.32. The molecular formula is C9H9BrOS. The molecule has 1 nitrogen and oxygen atoms in total. The van der Waals surface area contributed by atoms with Gasteiger partial charge in [0, 0.05) is 5.56 Å². The second-order valence-corrected chi connectivity index (χ2v) is 5.74. The number of halogens is 1. The van der Waals surface area contributed by atoms with Crippen molar-refractivity contribution in [2.75, 3.05) is 0 Å². The van der Waals surface area contributed by atoms with Crippen molar-refractivity contribution < 1.29 is 4.79 Å². The number of Topliss-reactive ketones (excluding diaryl/α,β-unsaturated/α-hetero) is 1. The van der Waals surface area contributed by atoms with Gasteiger partial charge in [-0.15, -0.1) is 0 Å². The number of hydrogen-bond acceptors (Lipinski definition) is 2. The molecule has 0 saturated carbocycles. The van der Waals surface area contributed by atoms with Crippen LogP contribution in [-0.4, -0.2) is 9.44 Å². The summed E-state index contributed by atoms with van der Waals surface area (Å²) in [5.74, 6) is -0.0218. The van der Waals surface area contributed by atoms with Crippen LogP contribution in [0.2, 0.25) is 0 Å². The van der Waals surface area contributed by atoms with Gasteiger partial charge in [0.05, 0.1) is 0 Å². The SMILES string of the molecule is CC(S)(Br)C(=O)c1ccccc1. The molecule has 1 aromatic rings. The third-order valence-electron chi connectivity index (χ3n) is 1.45. The molecule has 1 unspecified atom stereocenters. The van der Waals surface area contributed by atoms with Gasteiger partial charge in [-0.05, 0) is 6.92 Å². The first-order valence-electron chi connectivity index (χ1n) is 3.53. The summed E-state index contributed by atoms with van der Waals surface area (Å²) < 4.78 is -0.769. The molecule has 0 aromatic heterocycles. The molecule has 0 aliphatic heterocycles. The van der Waals surface area contributed by atoms with Crippen molar-refractivity contribution in [3.63, 3.8) is 0 Å². The van der Waals surface area contributed by atoms with Gasteiger partial charge in [-0.25, -0.2) is 0 Å². The predicted molar refractivity (Wildman–Crippen MR) is 57.1 cm³/mol. The quantitative estimate of drug-likeness (QED) is 0.481. The van der Waals surface area contributed by atoms with Crippen LogP contribution >= 0.6 is 28.6 Å². The van der Waals surface area contributed by atoms with Crippen LogP contribution in [0, 0.1) is 0 Å². The van der Waals surface area contributed by atoms with E-state index < -0.39 is 3.66 Å². The molecule has 0 aliphatic rings. The maximum Gasteiger partial charge on any atom is 0.188 e. The predicted octanol–water partition coefficient (Wildman–Crippen LogP) is 2.91. The zero-order valence-electron chi connectivity index (χ0n) is 6.62. The lowest BCUT2D eigenvalue weighted by Crippen LogP contribution is -2.20. The van der Waals surface area contributed by atoms with Crippen molar-refractivity contribution in [3.8, 4) is 0 Å². The molecule has 0 heterocycles. The van der Waals surface area contributed by atoms with Gasteiger partial charge in [0.2, 0.25) is 0 Å². The Balaban J connectivity index is 2.94. The number of carbonyl (C=O) groups excluding carboxylic acids is 1. The Morgan fingerprint density at radius 1 is 1.42 bits per heavy atom. The maximum absolute atomic E-state index is 11.5. The van der Waals surface area contributed by atoms with E-state index in [1.54, 1.807) is 19.1 Å². The zero-order chi connectivity index (χ0) is 9.19. The number of hydrogen-bond donors (Lipinski definition) is 1. The van der Waals surface area contributed by atoms with Crippen LogP contribution in [0.5, 0.6) is 0 Å². The van der Waals surface area contributed by atoms with Crippen LogP contribution in [0.4, 0.5) is 0 Å². The highest BCUT2D eigenvalue weighted by Gasteiger charge is 2.25. The van der Waals surface area contributed by atoms with Gasteiger partial charge in [-0.3, -0.25) is 4.79 Å². The second kappa shape index (κ2) is 3.62. The zero-order valence-corrected chi connectivity index (χ0v) is 9.10. The van der Waals surface area contributed by atoms with Crippen molar-refractivity contribution in [1.82, 2.24) is 0 Å². The smallest absolute Gasteiger partial charge is 0.188 e. The highest BCUT2D eigenvalue weighted by atomic mass is 79.9. The fraction of sp³-hybridized carbons (Fsp3) is 0.222. The van der Waals surface area contributed by atoms with Crippen LogP contribution in [0.3, 0.4) is 0 Å². The lowest BCUT2D eigenvalue weighted by molar-refractivity contribution is 0.0986. The standard InChI is InChI=1S/C9H9BrOS/c1-9(10,12)8(11)7-5-3-2-4-6-7/h2-6,12H,1H3. The van der Waals surface area contributed by atoms with E-state index >= 15 is 0 Å². The summed E-state index contributed by atoms with van der Waals surface area (Å²) in [6, 6.07) is 9.09. The first kappa shape index (κ1) is 9.81. The fourth-order valence-electron chi connectivity index (χ4n) is 0.853. The van der Waals surface area contributed by atoms with Crippen molar-refractivity contribution in [1.29, 1.82) is 0 Å². The molecule has 0 amide bonds. The molecule has 0 radical (unpaired) electrons. The summed E-state index contributed by atoms with van der Waals surface area (Å²) in [6.45, 7) is 1.71. The van der Waals surface area contributed by atoms with Gasteiger partial charge < -0.3 is 0 Å². The number of benzene rings is 1. The van der Waals surface area contributed by atoms with Crippen LogP contribution in [0.25, 0.3) is 0 Å². The molecule has 64 valence electrons. The average molecular weight is 245 g/mol. The van der Waals surface area contributed by atoms with Crippen LogP contribution < -0.4 is 0 Å². The largest absolute Gasteiger partial charge is 0.292 e. The van der Waals surface area contributed by atoms with Crippen molar-refractivity contribution >= 4 is 34.3 Å². The number of alkyl halides is 1. The lowest BCUT2D eigenvalue weighted by Gasteiger charge is -2.12. The number of carbonyl (C=O) groups is 1. The topological polar surface area (TPSA) is 17.1 Å². The van der Waals surface area contributed by atoms with Gasteiger partial charge >= 0.3 is 0 Å². The minimum Gasteiger partial charge on any atom is -0.292 e. The Kier molecular flexibility index (Phi) is 2.96. The summed E-state index contributed by atoms with van der Waals surface area (Å²) in [6.07, 6.45) is 0. The highest BCUT2D eigenvalue weighted by Crippen LogP contribution is 2.26. The molecule has 0 bridgehead atoms. The average Bonchev–Trinajstić information content (AvgIpc) is 2.03. The molecule has 1 aromatic carbocycles. The van der Waals surface area contributed by atoms with Crippen molar-refractivity contribution in [2.24, 2.45) is 0 Å². The summed E-state index contributed by atoms with van der Waals surface area (Å²) in [5, 5.41) is 0. The molecule has 0 fully saturated rings. The Bertz CT molecular complexity index is 276. The van der Waals surface area contributed by atoms with E-state index in [9.17, 15) is 4.79 Å². The Morgan fingerprint density at radius 2 is 1.92 bits per heavy atom. The minimum absolute atomic E-state index is 0.0218. The molecule has 3 heteroatoms.